The molecule has 0 aromatic rings. The molecule has 8 atom stereocenters. The summed E-state index contributed by atoms with van der Waals surface area (Å²) in [6.07, 6.45) is 4.06. The molecule has 0 radical (unpaired) electrons. The van der Waals surface area contributed by atoms with E-state index in [1.165, 1.54) is 19.3 Å². The number of amides is 1. The van der Waals surface area contributed by atoms with Crippen molar-refractivity contribution in [1.82, 2.24) is 10.2 Å². The fraction of sp³-hybridized carbons (Fsp3) is 0.929. The summed E-state index contributed by atoms with van der Waals surface area (Å²) in [7, 11) is 0. The predicted molar refractivity (Wildman–Crippen MR) is 137 cm³/mol. The lowest BCUT2D eigenvalue weighted by Crippen LogP contribution is -2.54. The Labute approximate surface area is 219 Å². The number of carbonyl (C=O) groups excluding carboxylic acids is 1. The van der Waals surface area contributed by atoms with Crippen LogP contribution in [-0.4, -0.2) is 60.3 Å². The van der Waals surface area contributed by atoms with Crippen molar-refractivity contribution in [1.29, 1.82) is 0 Å². The summed E-state index contributed by atoms with van der Waals surface area (Å²) in [6.45, 7) is 7.98. The molecule has 0 spiro atoms. The molecule has 1 amide bonds. The van der Waals surface area contributed by atoms with Gasteiger partial charge in [0.2, 0.25) is 0 Å². The molecule has 0 aromatic heterocycles. The van der Waals surface area contributed by atoms with Gasteiger partial charge in [0.25, 0.3) is 0 Å². The first-order valence-electron chi connectivity index (χ1n) is 14.3. The van der Waals surface area contributed by atoms with E-state index in [0.29, 0.717) is 40.5 Å². The molecule has 6 nitrogen and oxygen atoms in total. The Hall–Kier alpha value is -1.35. The number of alkyl halides is 3. The highest BCUT2D eigenvalue weighted by Gasteiger charge is 2.60. The Balaban J connectivity index is 1.42. The molecule has 0 unspecified atom stereocenters. The molecule has 4 aliphatic carbocycles. The van der Waals surface area contributed by atoms with Gasteiger partial charge in [-0.2, -0.15) is 13.2 Å². The molecule has 4 fully saturated rings. The zero-order valence-corrected chi connectivity index (χ0v) is 22.9. The average molecular weight is 530 g/mol. The second kappa shape index (κ2) is 11.0. The molecule has 0 heterocycles. The summed E-state index contributed by atoms with van der Waals surface area (Å²) in [5, 5.41) is 17.3. The summed E-state index contributed by atoms with van der Waals surface area (Å²) in [5.41, 5.74) is 1.10. The number of fused-ring (bicyclic) bond motifs is 5. The van der Waals surface area contributed by atoms with E-state index < -0.39 is 18.8 Å². The van der Waals surface area contributed by atoms with Gasteiger partial charge in [0, 0.05) is 19.0 Å². The van der Waals surface area contributed by atoms with Crippen LogP contribution >= 0.6 is 0 Å². The smallest absolute Gasteiger partial charge is 0.393 e. The van der Waals surface area contributed by atoms with E-state index in [0.717, 1.165) is 44.2 Å². The molecule has 0 aromatic carbocycles. The normalized spacial score (nSPS) is 39.9. The summed E-state index contributed by atoms with van der Waals surface area (Å²) >= 11 is 0. The highest BCUT2D eigenvalue weighted by atomic mass is 19.4. The Morgan fingerprint density at radius 1 is 1.08 bits per heavy atom. The van der Waals surface area contributed by atoms with Crippen molar-refractivity contribution in [3.8, 4) is 0 Å². The molecule has 4 aliphatic rings. The number of nitrogens with one attached hydrogen (secondary N) is 1. The van der Waals surface area contributed by atoms with Crippen LogP contribution in [0.4, 0.5) is 18.0 Å². The van der Waals surface area contributed by atoms with Gasteiger partial charge in [-0.1, -0.05) is 25.9 Å². The topological polar surface area (TPSA) is 74.2 Å². The number of aliphatic hydroxyl groups is 1. The van der Waals surface area contributed by atoms with Crippen molar-refractivity contribution in [2.24, 2.45) is 45.6 Å². The van der Waals surface area contributed by atoms with E-state index in [2.05, 4.69) is 24.3 Å². The number of carbonyl (C=O) groups is 1. The molecule has 0 saturated heterocycles. The van der Waals surface area contributed by atoms with Gasteiger partial charge in [-0.3, -0.25) is 9.74 Å². The highest BCUT2D eigenvalue weighted by Crippen LogP contribution is 2.67. The molecule has 212 valence electrons. The molecule has 37 heavy (non-hydrogen) atoms. The van der Waals surface area contributed by atoms with Gasteiger partial charge in [0.05, 0.1) is 11.8 Å². The van der Waals surface area contributed by atoms with Crippen LogP contribution in [0.1, 0.15) is 85.5 Å². The molecule has 4 saturated carbocycles. The zero-order valence-electron chi connectivity index (χ0n) is 22.9. The summed E-state index contributed by atoms with van der Waals surface area (Å²) < 4.78 is 39.1. The molecule has 9 heteroatoms. The first kappa shape index (κ1) is 28.7. The molecule has 0 bridgehead atoms. The van der Waals surface area contributed by atoms with Crippen molar-refractivity contribution in [3.63, 3.8) is 0 Å². The molecular weight excluding hydrogens is 483 g/mol. The lowest BCUT2D eigenvalue weighted by Gasteiger charge is -2.61. The number of halogens is 3. The third kappa shape index (κ3) is 5.82. The van der Waals surface area contributed by atoms with Crippen LogP contribution < -0.4 is 5.32 Å². The summed E-state index contributed by atoms with van der Waals surface area (Å²) in [4.78, 5) is 18.3. The lowest BCUT2D eigenvalue weighted by atomic mass is 9.44. The number of oxime groups is 1. The molecule has 0 aliphatic heterocycles. The monoisotopic (exact) mass is 529 g/mol. The second-order valence-electron chi connectivity index (χ2n) is 12.7. The number of hydrogen-bond donors (Lipinski definition) is 2. The minimum Gasteiger partial charge on any atom is -0.393 e. The van der Waals surface area contributed by atoms with Crippen LogP contribution in [0.3, 0.4) is 0 Å². The maximum atomic E-state index is 13.0. The van der Waals surface area contributed by atoms with Crippen LogP contribution in [0.2, 0.25) is 0 Å². The predicted octanol–water partition coefficient (Wildman–Crippen LogP) is 5.99. The second-order valence-corrected chi connectivity index (χ2v) is 12.7. The quantitative estimate of drug-likeness (QED) is 0.184. The fourth-order valence-electron chi connectivity index (χ4n) is 9.00. The molecular formula is C28H46F3N3O3. The molecule has 4 rings (SSSR count). The van der Waals surface area contributed by atoms with E-state index in [1.807, 2.05) is 13.8 Å². The minimum atomic E-state index is -4.50. The standard InChI is InChI=1S/C28H46F3N3O3/c1-5-32-14-15-34(17-28(29,30)31)25(36)37-33-18(2)22-8-9-23-21-7-6-19-16-20(35)10-12-26(19,3)24(21)11-13-27(22,23)4/h19-24,32,35H,5-17H2,1-4H3/b33-18+/t19-,20+,21+,22-,23+,24+,26+,27-/m1/s1. The Kier molecular flexibility index (Phi) is 8.54. The Morgan fingerprint density at radius 2 is 1.78 bits per heavy atom. The largest absolute Gasteiger partial charge is 0.436 e. The number of nitrogens with zero attached hydrogens (tertiary/aromatic N) is 2. The van der Waals surface area contributed by atoms with Gasteiger partial charge >= 0.3 is 12.3 Å². The van der Waals surface area contributed by atoms with Gasteiger partial charge in [-0.15, -0.1) is 0 Å². The van der Waals surface area contributed by atoms with E-state index >= 15 is 0 Å². The van der Waals surface area contributed by atoms with E-state index in [9.17, 15) is 23.1 Å². The van der Waals surface area contributed by atoms with Crippen molar-refractivity contribution in [2.75, 3.05) is 26.2 Å². The SMILES string of the molecule is CCNCCN(CC(F)(F)F)C(=O)O/N=C(\C)[C@H]1CC[C@H]2[C@@H]3CC[C@@H]4C[C@@H](O)CC[C@]4(C)[C@H]3CC[C@]12C. The number of aliphatic hydroxyl groups excluding tert-OH is 1. The maximum absolute atomic E-state index is 13.0. The third-order valence-electron chi connectivity index (χ3n) is 10.8. The third-order valence-corrected chi connectivity index (χ3v) is 10.8. The summed E-state index contributed by atoms with van der Waals surface area (Å²) in [5.74, 6) is 2.74. The van der Waals surface area contributed by atoms with Gasteiger partial charge in [0.1, 0.15) is 6.54 Å². The highest BCUT2D eigenvalue weighted by molar-refractivity contribution is 5.85. The minimum absolute atomic E-state index is 0.0647. The van der Waals surface area contributed by atoms with Gasteiger partial charge < -0.3 is 10.4 Å². The van der Waals surface area contributed by atoms with Crippen LogP contribution in [0, 0.1) is 40.4 Å². The average Bonchev–Trinajstić information content (AvgIpc) is 3.19. The van der Waals surface area contributed by atoms with Crippen molar-refractivity contribution in [2.45, 2.75) is 97.8 Å². The Bertz CT molecular complexity index is 852. The summed E-state index contributed by atoms with van der Waals surface area (Å²) in [6, 6.07) is 0. The van der Waals surface area contributed by atoms with E-state index in [-0.39, 0.29) is 30.5 Å². The maximum Gasteiger partial charge on any atom is 0.436 e. The van der Waals surface area contributed by atoms with E-state index in [4.69, 9.17) is 4.84 Å². The van der Waals surface area contributed by atoms with Crippen molar-refractivity contribution >= 4 is 11.8 Å². The molecule has 2 N–H and O–H groups in total. The van der Waals surface area contributed by atoms with Crippen molar-refractivity contribution < 1.29 is 27.9 Å². The van der Waals surface area contributed by atoms with Gasteiger partial charge in [-0.25, -0.2) is 4.79 Å². The number of rotatable bonds is 7. The first-order valence-corrected chi connectivity index (χ1v) is 14.3. The zero-order chi connectivity index (χ0) is 27.0. The first-order chi connectivity index (χ1) is 17.4. The number of hydrogen-bond acceptors (Lipinski definition) is 5. The van der Waals surface area contributed by atoms with Crippen LogP contribution in [0.25, 0.3) is 0 Å². The van der Waals surface area contributed by atoms with Crippen molar-refractivity contribution in [3.05, 3.63) is 0 Å². The van der Waals surface area contributed by atoms with E-state index in [1.54, 1.807) is 0 Å². The lowest BCUT2D eigenvalue weighted by molar-refractivity contribution is -0.142. The fourth-order valence-corrected chi connectivity index (χ4v) is 9.00. The number of likely N-dealkylation sites (N-methyl/N-ethyl adjacent to an activating group) is 1. The van der Waals surface area contributed by atoms with Gasteiger partial charge in [0.15, 0.2) is 0 Å². The Morgan fingerprint density at radius 3 is 2.49 bits per heavy atom. The van der Waals surface area contributed by atoms with Crippen LogP contribution in [0.5, 0.6) is 0 Å². The van der Waals surface area contributed by atoms with Crippen LogP contribution in [0.15, 0.2) is 5.16 Å². The van der Waals surface area contributed by atoms with Gasteiger partial charge in [-0.05, 0) is 106 Å². The van der Waals surface area contributed by atoms with Crippen LogP contribution in [-0.2, 0) is 4.84 Å².